The molecule has 0 spiro atoms. The summed E-state index contributed by atoms with van der Waals surface area (Å²) in [5.41, 5.74) is -0.191. The van der Waals surface area contributed by atoms with E-state index in [2.05, 4.69) is 5.32 Å². The minimum atomic E-state index is -0.598. The second-order valence-electron chi connectivity index (χ2n) is 9.88. The van der Waals surface area contributed by atoms with Crippen molar-refractivity contribution in [1.82, 2.24) is 9.88 Å². The number of halogens is 2. The first-order valence-electron chi connectivity index (χ1n) is 11.8. The normalized spacial score (nSPS) is 16.9. The summed E-state index contributed by atoms with van der Waals surface area (Å²) in [6, 6.07) is 5.25. The van der Waals surface area contributed by atoms with Crippen molar-refractivity contribution >= 4 is 58.4 Å². The van der Waals surface area contributed by atoms with E-state index in [1.54, 1.807) is 24.3 Å². The molecule has 0 unspecified atom stereocenters. The number of aromatic nitrogens is 1. The zero-order chi connectivity index (χ0) is 24.9. The summed E-state index contributed by atoms with van der Waals surface area (Å²) in [7, 11) is 0. The fourth-order valence-electron chi connectivity index (χ4n) is 3.89. The Labute approximate surface area is 214 Å². The molecule has 1 N–H and O–H groups in total. The molecule has 5 nitrogen and oxygen atoms in total. The second-order valence-corrected chi connectivity index (χ2v) is 11.8. The van der Waals surface area contributed by atoms with Crippen LogP contribution in [-0.2, 0) is 16.1 Å². The van der Waals surface area contributed by atoms with Crippen molar-refractivity contribution in [1.29, 1.82) is 0 Å². The molecular weight excluding hydrogens is 491 g/mol. The molecule has 0 aliphatic heterocycles. The zero-order valence-corrected chi connectivity index (χ0v) is 22.3. The van der Waals surface area contributed by atoms with Crippen molar-refractivity contribution in [2.45, 2.75) is 78.3 Å². The van der Waals surface area contributed by atoms with Crippen LogP contribution in [0.4, 0.5) is 0 Å². The molecule has 1 fully saturated rings. The predicted molar refractivity (Wildman–Crippen MR) is 141 cm³/mol. The average Bonchev–Trinajstić information content (AvgIpc) is 3.00. The molecule has 1 amide bonds. The van der Waals surface area contributed by atoms with Gasteiger partial charge in [-0.15, -0.1) is 11.3 Å². The van der Waals surface area contributed by atoms with Gasteiger partial charge in [-0.3, -0.25) is 19.0 Å². The summed E-state index contributed by atoms with van der Waals surface area (Å²) in [5, 5.41) is 3.93. The van der Waals surface area contributed by atoms with Gasteiger partial charge >= 0.3 is 0 Å². The SMILES string of the molecule is CC(C)(C)C(=O)C=c1sc(=Cc2ccc(Cl)c(Cl)c2)c(=O)n1CC(=O)NC1CCCCCCC1. The van der Waals surface area contributed by atoms with Gasteiger partial charge < -0.3 is 5.32 Å². The number of carbonyl (C=O) groups excluding carboxylic acids is 2. The number of rotatable bonds is 5. The summed E-state index contributed by atoms with van der Waals surface area (Å²) in [6.45, 7) is 5.36. The summed E-state index contributed by atoms with van der Waals surface area (Å²) in [6.07, 6.45) is 10.9. The first kappa shape index (κ1) is 26.7. The van der Waals surface area contributed by atoms with Crippen molar-refractivity contribution in [3.8, 4) is 0 Å². The molecule has 1 aromatic heterocycles. The highest BCUT2D eigenvalue weighted by Crippen LogP contribution is 2.22. The number of nitrogens with zero attached hydrogens (tertiary/aromatic N) is 1. The molecule has 0 radical (unpaired) electrons. The number of carbonyl (C=O) groups is 2. The van der Waals surface area contributed by atoms with Crippen LogP contribution < -0.4 is 20.1 Å². The van der Waals surface area contributed by atoms with Crippen LogP contribution in [0.25, 0.3) is 12.2 Å². The minimum absolute atomic E-state index is 0.107. The minimum Gasteiger partial charge on any atom is -0.352 e. The Balaban J connectivity index is 1.97. The van der Waals surface area contributed by atoms with Crippen LogP contribution >= 0.6 is 34.5 Å². The van der Waals surface area contributed by atoms with Crippen molar-refractivity contribution in [3.05, 3.63) is 53.4 Å². The lowest BCUT2D eigenvalue weighted by Gasteiger charge is -2.21. The number of hydrogen-bond donors (Lipinski definition) is 1. The van der Waals surface area contributed by atoms with Crippen LogP contribution in [0.1, 0.15) is 71.3 Å². The van der Waals surface area contributed by atoms with Crippen molar-refractivity contribution in [3.63, 3.8) is 0 Å². The summed E-state index contributed by atoms with van der Waals surface area (Å²) < 4.78 is 2.28. The molecule has 0 saturated heterocycles. The number of benzene rings is 1. The van der Waals surface area contributed by atoms with E-state index in [1.165, 1.54) is 41.2 Å². The fourth-order valence-corrected chi connectivity index (χ4v) is 5.24. The van der Waals surface area contributed by atoms with E-state index in [-0.39, 0.29) is 29.8 Å². The van der Waals surface area contributed by atoms with Gasteiger partial charge in [-0.25, -0.2) is 0 Å². The third-order valence-corrected chi connectivity index (χ3v) is 7.74. The maximum absolute atomic E-state index is 13.3. The van der Waals surface area contributed by atoms with Crippen molar-refractivity contribution in [2.24, 2.45) is 5.41 Å². The van der Waals surface area contributed by atoms with E-state index in [0.29, 0.717) is 24.8 Å². The van der Waals surface area contributed by atoms with Crippen LogP contribution in [0.2, 0.25) is 10.0 Å². The van der Waals surface area contributed by atoms with E-state index in [1.807, 2.05) is 20.8 Å². The van der Waals surface area contributed by atoms with E-state index in [9.17, 15) is 14.4 Å². The molecule has 1 heterocycles. The van der Waals surface area contributed by atoms with E-state index < -0.39 is 5.41 Å². The molecule has 8 heteroatoms. The molecule has 3 rings (SSSR count). The monoisotopic (exact) mass is 522 g/mol. The van der Waals surface area contributed by atoms with Gasteiger partial charge in [0.2, 0.25) is 5.91 Å². The van der Waals surface area contributed by atoms with Crippen molar-refractivity contribution < 1.29 is 9.59 Å². The topological polar surface area (TPSA) is 68.2 Å². The molecule has 1 aliphatic carbocycles. The zero-order valence-electron chi connectivity index (χ0n) is 20.0. The Bertz CT molecular complexity index is 1220. The van der Waals surface area contributed by atoms with Crippen LogP contribution in [0.15, 0.2) is 23.0 Å². The number of thiazole rings is 1. The molecule has 184 valence electrons. The Kier molecular flexibility index (Phi) is 9.19. The van der Waals surface area contributed by atoms with Gasteiger partial charge in [-0.05, 0) is 36.6 Å². The molecule has 0 atom stereocenters. The Hall–Kier alpha value is -1.89. The van der Waals surface area contributed by atoms with E-state index in [0.717, 1.165) is 25.7 Å². The van der Waals surface area contributed by atoms with Gasteiger partial charge in [0, 0.05) is 17.5 Å². The maximum atomic E-state index is 13.3. The molecule has 1 saturated carbocycles. The third-order valence-electron chi connectivity index (χ3n) is 5.94. The number of nitrogens with one attached hydrogen (secondary N) is 1. The Morgan fingerprint density at radius 2 is 1.74 bits per heavy atom. The van der Waals surface area contributed by atoms with Crippen LogP contribution in [0.5, 0.6) is 0 Å². The quantitative estimate of drug-likeness (QED) is 0.620. The number of hydrogen-bond acceptors (Lipinski definition) is 4. The van der Waals surface area contributed by atoms with Gasteiger partial charge in [0.15, 0.2) is 5.78 Å². The summed E-state index contributed by atoms with van der Waals surface area (Å²) in [4.78, 5) is 38.9. The summed E-state index contributed by atoms with van der Waals surface area (Å²) in [5.74, 6) is -0.312. The highest BCUT2D eigenvalue weighted by Gasteiger charge is 2.21. The lowest BCUT2D eigenvalue weighted by molar-refractivity contribution is -0.123. The molecule has 0 bridgehead atoms. The smallest absolute Gasteiger partial charge is 0.269 e. The van der Waals surface area contributed by atoms with E-state index in [4.69, 9.17) is 23.2 Å². The largest absolute Gasteiger partial charge is 0.352 e. The molecule has 1 aromatic carbocycles. The molecule has 1 aliphatic rings. The first-order valence-corrected chi connectivity index (χ1v) is 13.3. The predicted octanol–water partition coefficient (Wildman–Crippen LogP) is 4.67. The fraction of sp³-hybridized carbons (Fsp3) is 0.500. The molecule has 34 heavy (non-hydrogen) atoms. The van der Waals surface area contributed by atoms with Gasteiger partial charge in [-0.1, -0.05) is 82.1 Å². The Morgan fingerprint density at radius 3 is 2.35 bits per heavy atom. The summed E-state index contributed by atoms with van der Waals surface area (Å²) >= 11 is 13.3. The molecular formula is C26H32Cl2N2O3S. The third kappa shape index (κ3) is 7.30. The number of amides is 1. The van der Waals surface area contributed by atoms with Gasteiger partial charge in [0.05, 0.1) is 14.6 Å². The lowest BCUT2D eigenvalue weighted by Crippen LogP contribution is -2.42. The second kappa shape index (κ2) is 11.7. The standard InChI is InChI=1S/C26H32Cl2N2O3S/c1-26(2,3)22(31)15-24-30(16-23(32)29-18-9-7-5-4-6-8-10-18)25(33)21(34-24)14-17-11-12-19(27)20(28)13-17/h11-15,18H,4-10,16H2,1-3H3,(H,29,32). The van der Waals surface area contributed by atoms with Crippen LogP contribution in [-0.4, -0.2) is 22.3 Å². The van der Waals surface area contributed by atoms with Crippen LogP contribution in [0, 0.1) is 5.41 Å². The number of ketones is 1. The molecule has 2 aromatic rings. The highest BCUT2D eigenvalue weighted by molar-refractivity contribution is 7.07. The van der Waals surface area contributed by atoms with E-state index >= 15 is 0 Å². The lowest BCUT2D eigenvalue weighted by atomic mass is 9.91. The average molecular weight is 524 g/mol. The number of Topliss-reactive ketones (excluding diaryl/α,β-unsaturated/α-hetero) is 1. The first-order chi connectivity index (χ1) is 16.0. The van der Waals surface area contributed by atoms with Gasteiger partial charge in [-0.2, -0.15) is 0 Å². The van der Waals surface area contributed by atoms with Gasteiger partial charge in [0.1, 0.15) is 11.2 Å². The van der Waals surface area contributed by atoms with Gasteiger partial charge in [0.25, 0.3) is 5.56 Å². The maximum Gasteiger partial charge on any atom is 0.269 e. The van der Waals surface area contributed by atoms with Crippen molar-refractivity contribution in [2.75, 3.05) is 0 Å². The van der Waals surface area contributed by atoms with Crippen LogP contribution in [0.3, 0.4) is 0 Å². The highest BCUT2D eigenvalue weighted by atomic mass is 35.5. The Morgan fingerprint density at radius 1 is 1.09 bits per heavy atom.